The standard InChI is InChI=1S/C16H26N4O3S/c1-18(2)24(22,23)20(15-8-4-3-5-9-15)14-16(21)17-10-13-19-11-6-7-12-19/h3-5,8-9H,6-7,10-14H2,1-2H3,(H,17,21). The lowest BCUT2D eigenvalue weighted by Gasteiger charge is -2.27. The summed E-state index contributed by atoms with van der Waals surface area (Å²) in [5.41, 5.74) is 0.473. The molecule has 1 amide bonds. The number of carbonyl (C=O) groups excluding carboxylic acids is 1. The van der Waals surface area contributed by atoms with Crippen molar-refractivity contribution in [2.45, 2.75) is 12.8 Å². The maximum Gasteiger partial charge on any atom is 0.304 e. The number of hydrogen-bond donors (Lipinski definition) is 1. The van der Waals surface area contributed by atoms with Gasteiger partial charge in [-0.05, 0) is 38.1 Å². The monoisotopic (exact) mass is 354 g/mol. The van der Waals surface area contributed by atoms with Crippen molar-refractivity contribution >= 4 is 21.8 Å². The average molecular weight is 354 g/mol. The summed E-state index contributed by atoms with van der Waals surface area (Å²) in [6, 6.07) is 8.66. The van der Waals surface area contributed by atoms with Crippen LogP contribution < -0.4 is 9.62 Å². The zero-order chi connectivity index (χ0) is 17.6. The molecule has 0 aromatic heterocycles. The van der Waals surface area contributed by atoms with Gasteiger partial charge in [0.2, 0.25) is 5.91 Å². The molecular formula is C16H26N4O3S. The Hall–Kier alpha value is -1.64. The van der Waals surface area contributed by atoms with Gasteiger partial charge in [-0.3, -0.25) is 4.79 Å². The molecular weight excluding hydrogens is 328 g/mol. The molecule has 1 aromatic rings. The van der Waals surface area contributed by atoms with E-state index < -0.39 is 10.2 Å². The van der Waals surface area contributed by atoms with Gasteiger partial charge in [-0.25, -0.2) is 4.31 Å². The molecule has 0 atom stereocenters. The molecule has 1 saturated heterocycles. The Labute approximate surface area is 144 Å². The van der Waals surface area contributed by atoms with Crippen LogP contribution in [-0.4, -0.2) is 70.3 Å². The molecule has 1 aliphatic heterocycles. The Morgan fingerprint density at radius 1 is 1.17 bits per heavy atom. The third-order valence-corrected chi connectivity index (χ3v) is 5.84. The van der Waals surface area contributed by atoms with E-state index in [4.69, 9.17) is 0 Å². The molecule has 2 rings (SSSR count). The molecule has 1 aliphatic rings. The number of rotatable bonds is 8. The van der Waals surface area contributed by atoms with Gasteiger partial charge in [0.1, 0.15) is 6.54 Å². The first-order valence-electron chi connectivity index (χ1n) is 8.15. The predicted molar refractivity (Wildman–Crippen MR) is 95.1 cm³/mol. The molecule has 0 bridgehead atoms. The summed E-state index contributed by atoms with van der Waals surface area (Å²) in [4.78, 5) is 14.5. The quantitative estimate of drug-likeness (QED) is 0.738. The molecule has 0 spiro atoms. The van der Waals surface area contributed by atoms with Gasteiger partial charge < -0.3 is 10.2 Å². The molecule has 0 radical (unpaired) electrons. The van der Waals surface area contributed by atoms with Crippen molar-refractivity contribution in [3.05, 3.63) is 30.3 Å². The Morgan fingerprint density at radius 2 is 1.79 bits per heavy atom. The van der Waals surface area contributed by atoms with Crippen LogP contribution in [0, 0.1) is 0 Å². The number of carbonyl (C=O) groups is 1. The van der Waals surface area contributed by atoms with Crippen molar-refractivity contribution < 1.29 is 13.2 Å². The zero-order valence-corrected chi connectivity index (χ0v) is 15.1. The highest BCUT2D eigenvalue weighted by atomic mass is 32.2. The van der Waals surface area contributed by atoms with Gasteiger partial charge in [-0.15, -0.1) is 0 Å². The number of anilines is 1. The number of benzene rings is 1. The Morgan fingerprint density at radius 3 is 2.38 bits per heavy atom. The Balaban J connectivity index is 1.98. The molecule has 1 fully saturated rings. The molecule has 0 saturated carbocycles. The second kappa shape index (κ2) is 8.46. The summed E-state index contributed by atoms with van der Waals surface area (Å²) < 4.78 is 27.3. The minimum absolute atomic E-state index is 0.232. The van der Waals surface area contributed by atoms with Gasteiger partial charge in [0, 0.05) is 27.2 Å². The number of nitrogens with one attached hydrogen (secondary N) is 1. The second-order valence-corrected chi connectivity index (χ2v) is 8.10. The van der Waals surface area contributed by atoms with Crippen molar-refractivity contribution in [3.8, 4) is 0 Å². The topological polar surface area (TPSA) is 73.0 Å². The summed E-state index contributed by atoms with van der Waals surface area (Å²) in [6.07, 6.45) is 2.41. The average Bonchev–Trinajstić information content (AvgIpc) is 3.06. The predicted octanol–water partition coefficient (Wildman–Crippen LogP) is 0.511. The first-order valence-corrected chi connectivity index (χ1v) is 9.55. The smallest absolute Gasteiger partial charge is 0.304 e. The summed E-state index contributed by atoms with van der Waals surface area (Å²) in [7, 11) is -0.823. The summed E-state index contributed by atoms with van der Waals surface area (Å²) in [5, 5.41) is 2.82. The van der Waals surface area contributed by atoms with Crippen LogP contribution in [0.15, 0.2) is 30.3 Å². The number of amides is 1. The minimum Gasteiger partial charge on any atom is -0.353 e. The molecule has 134 valence electrons. The SMILES string of the molecule is CN(C)S(=O)(=O)N(CC(=O)NCCN1CCCC1)c1ccccc1. The number of likely N-dealkylation sites (tertiary alicyclic amines) is 1. The lowest BCUT2D eigenvalue weighted by Crippen LogP contribution is -2.46. The first kappa shape index (κ1) is 18.7. The normalized spacial score (nSPS) is 15.6. The van der Waals surface area contributed by atoms with Gasteiger partial charge in [-0.2, -0.15) is 12.7 Å². The van der Waals surface area contributed by atoms with E-state index in [1.54, 1.807) is 30.3 Å². The highest BCUT2D eigenvalue weighted by Gasteiger charge is 2.27. The highest BCUT2D eigenvalue weighted by Crippen LogP contribution is 2.18. The van der Waals surface area contributed by atoms with E-state index in [1.807, 2.05) is 0 Å². The Kier molecular flexibility index (Phi) is 6.59. The largest absolute Gasteiger partial charge is 0.353 e. The van der Waals surface area contributed by atoms with Crippen LogP contribution in [0.25, 0.3) is 0 Å². The molecule has 1 N–H and O–H groups in total. The van der Waals surface area contributed by atoms with Crippen LogP contribution in [0.4, 0.5) is 5.69 Å². The van der Waals surface area contributed by atoms with E-state index in [1.165, 1.54) is 26.9 Å². The van der Waals surface area contributed by atoms with Crippen LogP contribution in [0.3, 0.4) is 0 Å². The van der Waals surface area contributed by atoms with E-state index in [0.717, 1.165) is 28.2 Å². The van der Waals surface area contributed by atoms with Gasteiger partial charge >= 0.3 is 10.2 Å². The third kappa shape index (κ3) is 4.93. The Bertz CT molecular complexity index is 628. The lowest BCUT2D eigenvalue weighted by atomic mass is 10.3. The summed E-state index contributed by atoms with van der Waals surface area (Å²) in [5.74, 6) is -0.302. The van der Waals surface area contributed by atoms with Crippen LogP contribution in [0.2, 0.25) is 0 Å². The molecule has 0 aliphatic carbocycles. The van der Waals surface area contributed by atoms with Crippen LogP contribution in [-0.2, 0) is 15.0 Å². The maximum absolute atomic E-state index is 12.5. The summed E-state index contributed by atoms with van der Waals surface area (Å²) >= 11 is 0. The summed E-state index contributed by atoms with van der Waals surface area (Å²) in [6.45, 7) is 3.24. The first-order chi connectivity index (χ1) is 11.4. The van der Waals surface area contributed by atoms with E-state index in [2.05, 4.69) is 10.2 Å². The van der Waals surface area contributed by atoms with E-state index in [-0.39, 0.29) is 12.5 Å². The second-order valence-electron chi connectivity index (χ2n) is 6.03. The van der Waals surface area contributed by atoms with Crippen molar-refractivity contribution in [3.63, 3.8) is 0 Å². The van der Waals surface area contributed by atoms with E-state index in [0.29, 0.717) is 12.2 Å². The van der Waals surface area contributed by atoms with Crippen LogP contribution in [0.1, 0.15) is 12.8 Å². The fourth-order valence-corrected chi connectivity index (χ4v) is 3.71. The number of nitrogens with zero attached hydrogens (tertiary/aromatic N) is 3. The van der Waals surface area contributed by atoms with Gasteiger partial charge in [0.05, 0.1) is 5.69 Å². The van der Waals surface area contributed by atoms with Crippen molar-refractivity contribution in [1.29, 1.82) is 0 Å². The van der Waals surface area contributed by atoms with E-state index >= 15 is 0 Å². The van der Waals surface area contributed by atoms with Gasteiger partial charge in [-0.1, -0.05) is 18.2 Å². The number of hydrogen-bond acceptors (Lipinski definition) is 4. The molecule has 1 heterocycles. The number of para-hydroxylation sites is 1. The third-order valence-electron chi connectivity index (χ3n) is 4.02. The van der Waals surface area contributed by atoms with Crippen LogP contribution in [0.5, 0.6) is 0 Å². The fraction of sp³-hybridized carbons (Fsp3) is 0.562. The van der Waals surface area contributed by atoms with Gasteiger partial charge in [0.15, 0.2) is 0 Å². The molecule has 1 aromatic carbocycles. The van der Waals surface area contributed by atoms with Crippen LogP contribution >= 0.6 is 0 Å². The zero-order valence-electron chi connectivity index (χ0n) is 14.3. The molecule has 7 nitrogen and oxygen atoms in total. The van der Waals surface area contributed by atoms with Gasteiger partial charge in [0.25, 0.3) is 0 Å². The maximum atomic E-state index is 12.5. The molecule has 24 heavy (non-hydrogen) atoms. The van der Waals surface area contributed by atoms with E-state index in [9.17, 15) is 13.2 Å². The fourth-order valence-electron chi connectivity index (χ4n) is 2.64. The molecule has 8 heteroatoms. The van der Waals surface area contributed by atoms with Crippen molar-refractivity contribution in [1.82, 2.24) is 14.5 Å². The highest BCUT2D eigenvalue weighted by molar-refractivity contribution is 7.90. The minimum atomic E-state index is -3.73. The lowest BCUT2D eigenvalue weighted by molar-refractivity contribution is -0.119. The molecule has 0 unspecified atom stereocenters. The van der Waals surface area contributed by atoms with Crippen molar-refractivity contribution in [2.75, 3.05) is 51.1 Å². The van der Waals surface area contributed by atoms with Crippen molar-refractivity contribution in [2.24, 2.45) is 0 Å².